The van der Waals surface area contributed by atoms with Crippen molar-refractivity contribution in [3.63, 3.8) is 0 Å². The highest BCUT2D eigenvalue weighted by atomic mass is 79.9. The summed E-state index contributed by atoms with van der Waals surface area (Å²) in [5.74, 6) is 0. The zero-order valence-electron chi connectivity index (χ0n) is 13.3. The Morgan fingerprint density at radius 3 is 2.86 bits per heavy atom. The van der Waals surface area contributed by atoms with Gasteiger partial charge in [0.1, 0.15) is 0 Å². The van der Waals surface area contributed by atoms with Crippen LogP contribution in [0.1, 0.15) is 51.6 Å². The highest BCUT2D eigenvalue weighted by Gasteiger charge is 2.26. The first kappa shape index (κ1) is 16.8. The zero-order valence-corrected chi connectivity index (χ0v) is 14.9. The third-order valence-corrected chi connectivity index (χ3v) is 4.86. The summed E-state index contributed by atoms with van der Waals surface area (Å²) in [6.45, 7) is 9.20. The van der Waals surface area contributed by atoms with Gasteiger partial charge in [0.05, 0.1) is 5.60 Å². The fraction of sp³-hybridized carbons (Fsp3) is 0.647. The molecule has 0 saturated carbocycles. The zero-order chi connectivity index (χ0) is 15.5. The van der Waals surface area contributed by atoms with Crippen LogP contribution in [0.25, 0.3) is 0 Å². The van der Waals surface area contributed by atoms with E-state index in [-0.39, 0.29) is 0 Å². The molecule has 1 aliphatic rings. The molecule has 0 amide bonds. The highest BCUT2D eigenvalue weighted by Crippen LogP contribution is 2.32. The molecule has 0 spiro atoms. The van der Waals surface area contributed by atoms with Crippen molar-refractivity contribution in [1.82, 2.24) is 5.32 Å². The van der Waals surface area contributed by atoms with E-state index in [1.54, 1.807) is 0 Å². The number of anilines is 1. The molecule has 1 aromatic carbocycles. The minimum Gasteiger partial charge on any atom is -0.390 e. The summed E-state index contributed by atoms with van der Waals surface area (Å²) < 4.78 is 1.12. The first-order valence-corrected chi connectivity index (χ1v) is 8.72. The molecule has 1 aliphatic heterocycles. The number of nitrogens with one attached hydrogen (secondary N) is 1. The Hall–Kier alpha value is -0.580. The second kappa shape index (κ2) is 7.12. The van der Waals surface area contributed by atoms with Crippen LogP contribution in [-0.2, 0) is 0 Å². The number of aliphatic hydroxyl groups is 1. The molecule has 3 nitrogen and oxygen atoms in total. The molecule has 0 aromatic heterocycles. The Balaban J connectivity index is 2.26. The molecule has 1 fully saturated rings. The molecule has 1 heterocycles. The van der Waals surface area contributed by atoms with Crippen LogP contribution in [0.5, 0.6) is 0 Å². The summed E-state index contributed by atoms with van der Waals surface area (Å²) >= 11 is 3.59. The van der Waals surface area contributed by atoms with E-state index >= 15 is 0 Å². The van der Waals surface area contributed by atoms with Crippen LogP contribution in [0.2, 0.25) is 0 Å². The van der Waals surface area contributed by atoms with Gasteiger partial charge in [0.2, 0.25) is 0 Å². The summed E-state index contributed by atoms with van der Waals surface area (Å²) in [4.78, 5) is 2.43. The number of nitrogens with zero attached hydrogens (tertiary/aromatic N) is 1. The van der Waals surface area contributed by atoms with E-state index < -0.39 is 5.60 Å². The lowest BCUT2D eigenvalue weighted by atomic mass is 9.98. The van der Waals surface area contributed by atoms with Gasteiger partial charge in [-0.05, 0) is 63.4 Å². The molecule has 2 N–H and O–H groups in total. The van der Waals surface area contributed by atoms with Gasteiger partial charge in [-0.3, -0.25) is 0 Å². The van der Waals surface area contributed by atoms with Crippen molar-refractivity contribution in [1.29, 1.82) is 0 Å². The van der Waals surface area contributed by atoms with Crippen LogP contribution in [0.4, 0.5) is 5.69 Å². The van der Waals surface area contributed by atoms with Gasteiger partial charge >= 0.3 is 0 Å². The van der Waals surface area contributed by atoms with E-state index in [9.17, 15) is 5.11 Å². The third-order valence-electron chi connectivity index (χ3n) is 4.37. The lowest BCUT2D eigenvalue weighted by Gasteiger charge is -2.28. The maximum Gasteiger partial charge on any atom is 0.0637 e. The average molecular weight is 355 g/mol. The standard InChI is InChI=1S/C17H27BrN2O/c1-4-19-13(2)15-12-14(18)6-7-16(15)20-10-5-8-17(3,21)9-11-20/h6-7,12-13,19,21H,4-5,8-11H2,1-3H3. The van der Waals surface area contributed by atoms with Gasteiger partial charge < -0.3 is 15.3 Å². The Bertz CT molecular complexity index is 476. The van der Waals surface area contributed by atoms with E-state index in [1.807, 2.05) is 6.92 Å². The molecule has 4 heteroatoms. The molecule has 2 atom stereocenters. The van der Waals surface area contributed by atoms with Crippen LogP contribution in [0, 0.1) is 0 Å². The summed E-state index contributed by atoms with van der Waals surface area (Å²) in [7, 11) is 0. The lowest BCUT2D eigenvalue weighted by molar-refractivity contribution is 0.0481. The van der Waals surface area contributed by atoms with Crippen molar-refractivity contribution in [3.8, 4) is 0 Å². The second-order valence-corrected chi connectivity index (χ2v) is 7.24. The van der Waals surface area contributed by atoms with Crippen molar-refractivity contribution >= 4 is 21.6 Å². The Labute approximate surface area is 136 Å². The topological polar surface area (TPSA) is 35.5 Å². The first-order valence-electron chi connectivity index (χ1n) is 7.93. The quantitative estimate of drug-likeness (QED) is 0.861. The van der Waals surface area contributed by atoms with E-state index in [2.05, 4.69) is 58.2 Å². The van der Waals surface area contributed by atoms with Gasteiger partial charge in [-0.15, -0.1) is 0 Å². The number of hydrogen-bond acceptors (Lipinski definition) is 3. The fourth-order valence-corrected chi connectivity index (χ4v) is 3.46. The van der Waals surface area contributed by atoms with Crippen LogP contribution >= 0.6 is 15.9 Å². The predicted molar refractivity (Wildman–Crippen MR) is 92.9 cm³/mol. The van der Waals surface area contributed by atoms with Gasteiger partial charge in [-0.25, -0.2) is 0 Å². The fourth-order valence-electron chi connectivity index (χ4n) is 3.08. The predicted octanol–water partition coefficient (Wildman–Crippen LogP) is 3.86. The third kappa shape index (κ3) is 4.44. The van der Waals surface area contributed by atoms with Crippen molar-refractivity contribution in [2.75, 3.05) is 24.5 Å². The maximum absolute atomic E-state index is 10.3. The molecular formula is C17H27BrN2O. The Morgan fingerprint density at radius 2 is 2.14 bits per heavy atom. The van der Waals surface area contributed by atoms with Gasteiger partial charge in [-0.1, -0.05) is 22.9 Å². The number of rotatable bonds is 4. The van der Waals surface area contributed by atoms with Gasteiger partial charge in [0.15, 0.2) is 0 Å². The normalized spacial score (nSPS) is 24.7. The monoisotopic (exact) mass is 354 g/mol. The highest BCUT2D eigenvalue weighted by molar-refractivity contribution is 9.10. The van der Waals surface area contributed by atoms with Crippen molar-refractivity contribution in [3.05, 3.63) is 28.2 Å². The SMILES string of the molecule is CCNC(C)c1cc(Br)ccc1N1CCCC(C)(O)CC1. The number of hydrogen-bond donors (Lipinski definition) is 2. The summed E-state index contributed by atoms with van der Waals surface area (Å²) in [6, 6.07) is 6.85. The smallest absolute Gasteiger partial charge is 0.0637 e. The van der Waals surface area contributed by atoms with E-state index in [0.717, 1.165) is 43.4 Å². The summed E-state index contributed by atoms with van der Waals surface area (Å²) in [5.41, 5.74) is 2.11. The van der Waals surface area contributed by atoms with E-state index in [4.69, 9.17) is 0 Å². The van der Waals surface area contributed by atoms with Crippen molar-refractivity contribution < 1.29 is 5.11 Å². The molecular weight excluding hydrogens is 328 g/mol. The molecule has 0 bridgehead atoms. The maximum atomic E-state index is 10.3. The summed E-state index contributed by atoms with van der Waals surface area (Å²) in [5, 5.41) is 13.8. The average Bonchev–Trinajstić information content (AvgIpc) is 2.60. The van der Waals surface area contributed by atoms with Crippen molar-refractivity contribution in [2.24, 2.45) is 0 Å². The van der Waals surface area contributed by atoms with Gasteiger partial charge in [0.25, 0.3) is 0 Å². The Kier molecular flexibility index (Phi) is 5.69. The molecule has 2 unspecified atom stereocenters. The number of benzene rings is 1. The molecule has 0 aliphatic carbocycles. The van der Waals surface area contributed by atoms with Crippen LogP contribution in [-0.4, -0.2) is 30.3 Å². The van der Waals surface area contributed by atoms with Gasteiger partial charge in [-0.2, -0.15) is 0 Å². The minimum absolute atomic E-state index is 0.325. The number of halogens is 1. The molecule has 118 valence electrons. The molecule has 21 heavy (non-hydrogen) atoms. The van der Waals surface area contributed by atoms with Crippen LogP contribution < -0.4 is 10.2 Å². The van der Waals surface area contributed by atoms with E-state index in [0.29, 0.717) is 6.04 Å². The van der Waals surface area contributed by atoms with Crippen molar-refractivity contribution in [2.45, 2.75) is 51.7 Å². The van der Waals surface area contributed by atoms with Crippen LogP contribution in [0.3, 0.4) is 0 Å². The molecule has 1 aromatic rings. The molecule has 0 radical (unpaired) electrons. The lowest BCUT2D eigenvalue weighted by Crippen LogP contribution is -2.30. The Morgan fingerprint density at radius 1 is 1.38 bits per heavy atom. The second-order valence-electron chi connectivity index (χ2n) is 6.32. The minimum atomic E-state index is -0.516. The first-order chi connectivity index (χ1) is 9.93. The summed E-state index contributed by atoms with van der Waals surface area (Å²) in [6.07, 6.45) is 2.76. The largest absolute Gasteiger partial charge is 0.390 e. The van der Waals surface area contributed by atoms with E-state index in [1.165, 1.54) is 11.3 Å². The molecule has 1 saturated heterocycles. The van der Waals surface area contributed by atoms with Crippen LogP contribution in [0.15, 0.2) is 22.7 Å². The van der Waals surface area contributed by atoms with Gasteiger partial charge in [0, 0.05) is 29.3 Å². The molecule has 2 rings (SSSR count).